The Morgan fingerprint density at radius 1 is 1.07 bits per heavy atom. The van der Waals surface area contributed by atoms with Crippen LogP contribution in [0.15, 0.2) is 42.5 Å². The van der Waals surface area contributed by atoms with Gasteiger partial charge in [0.25, 0.3) is 0 Å². The number of aryl methyl sites for hydroxylation is 2. The van der Waals surface area contributed by atoms with E-state index in [1.54, 1.807) is 24.3 Å². The monoisotopic (exact) mass is 383 g/mol. The minimum absolute atomic E-state index is 0.0513. The van der Waals surface area contributed by atoms with Crippen molar-refractivity contribution >= 4 is 34.6 Å². The number of piperidine rings is 1. The highest BCUT2D eigenvalue weighted by atomic mass is 32.1. The van der Waals surface area contributed by atoms with Crippen molar-refractivity contribution in [3.63, 3.8) is 0 Å². The van der Waals surface area contributed by atoms with Crippen LogP contribution in [0.3, 0.4) is 0 Å². The van der Waals surface area contributed by atoms with Crippen LogP contribution in [0.2, 0.25) is 0 Å². The molecule has 1 aliphatic heterocycles. The molecule has 1 fully saturated rings. The Balaban J connectivity index is 1.53. The molecule has 5 nitrogen and oxygen atoms in total. The van der Waals surface area contributed by atoms with Crippen LogP contribution in [-0.4, -0.2) is 34.1 Å². The van der Waals surface area contributed by atoms with Gasteiger partial charge in [-0.15, -0.1) is 0 Å². The lowest BCUT2D eigenvalue weighted by atomic mass is 9.96. The van der Waals surface area contributed by atoms with Crippen molar-refractivity contribution in [3.05, 3.63) is 53.6 Å². The van der Waals surface area contributed by atoms with E-state index in [1.165, 1.54) is 5.56 Å². The Morgan fingerprint density at radius 2 is 1.78 bits per heavy atom. The van der Waals surface area contributed by atoms with Crippen molar-refractivity contribution in [1.29, 1.82) is 0 Å². The fourth-order valence-corrected chi connectivity index (χ4v) is 3.52. The fourth-order valence-electron chi connectivity index (χ4n) is 3.22. The first-order valence-corrected chi connectivity index (χ1v) is 9.57. The van der Waals surface area contributed by atoms with Crippen LogP contribution < -0.4 is 10.6 Å². The standard InChI is InChI=1S/C21H25N3O2S/c1-14-7-8-15(2)18(13-14)23-21(27)24-11-9-16(10-12-24)20(26)22-17-5-3-4-6-19(17)25/h3-8,13,16,25H,9-12H2,1-2H3,(H,22,26)(H,23,27). The Hall–Kier alpha value is -2.60. The van der Waals surface area contributed by atoms with E-state index in [4.69, 9.17) is 12.2 Å². The number of carbonyl (C=O) groups excluding carboxylic acids is 1. The third kappa shape index (κ3) is 4.77. The zero-order valence-corrected chi connectivity index (χ0v) is 16.5. The van der Waals surface area contributed by atoms with Crippen LogP contribution in [0.25, 0.3) is 0 Å². The summed E-state index contributed by atoms with van der Waals surface area (Å²) in [5.74, 6) is -0.0453. The second kappa shape index (κ2) is 8.39. The lowest BCUT2D eigenvalue weighted by molar-refractivity contribution is -0.121. The maximum atomic E-state index is 12.5. The van der Waals surface area contributed by atoms with Crippen molar-refractivity contribution in [2.45, 2.75) is 26.7 Å². The molecular formula is C21H25N3O2S. The lowest BCUT2D eigenvalue weighted by Crippen LogP contribution is -2.43. The minimum Gasteiger partial charge on any atom is -0.506 e. The van der Waals surface area contributed by atoms with Gasteiger partial charge in [-0.1, -0.05) is 24.3 Å². The molecule has 2 aromatic rings. The highest BCUT2D eigenvalue weighted by Gasteiger charge is 2.26. The fraction of sp³-hybridized carbons (Fsp3) is 0.333. The number of para-hydroxylation sites is 2. The van der Waals surface area contributed by atoms with Gasteiger partial charge >= 0.3 is 0 Å². The van der Waals surface area contributed by atoms with E-state index in [0.29, 0.717) is 10.8 Å². The van der Waals surface area contributed by atoms with Gasteiger partial charge in [0, 0.05) is 24.7 Å². The molecule has 0 radical (unpaired) electrons. The van der Waals surface area contributed by atoms with Crippen molar-refractivity contribution in [2.75, 3.05) is 23.7 Å². The van der Waals surface area contributed by atoms with E-state index in [0.717, 1.165) is 37.2 Å². The third-order valence-corrected chi connectivity index (χ3v) is 5.31. The summed E-state index contributed by atoms with van der Waals surface area (Å²) in [5, 5.41) is 16.7. The molecule has 1 amide bonds. The number of phenols is 1. The normalized spacial score (nSPS) is 14.7. The summed E-state index contributed by atoms with van der Waals surface area (Å²) >= 11 is 5.57. The number of carbonyl (C=O) groups is 1. The number of anilines is 2. The number of rotatable bonds is 3. The molecule has 3 rings (SSSR count). The van der Waals surface area contributed by atoms with Gasteiger partial charge in [-0.25, -0.2) is 0 Å². The molecule has 27 heavy (non-hydrogen) atoms. The largest absolute Gasteiger partial charge is 0.506 e. The predicted octanol–water partition coefficient (Wildman–Crippen LogP) is 4.06. The Morgan fingerprint density at radius 3 is 2.48 bits per heavy atom. The molecule has 1 saturated heterocycles. The molecule has 1 heterocycles. The molecule has 2 aromatic carbocycles. The summed E-state index contributed by atoms with van der Waals surface area (Å²) in [5.41, 5.74) is 3.82. The number of hydrogen-bond acceptors (Lipinski definition) is 3. The Bertz CT molecular complexity index is 845. The number of nitrogens with one attached hydrogen (secondary N) is 2. The number of phenolic OH excluding ortho intramolecular Hbond substituents is 1. The Labute approximate surface area is 165 Å². The van der Waals surface area contributed by atoms with E-state index < -0.39 is 0 Å². The van der Waals surface area contributed by atoms with Crippen molar-refractivity contribution in [3.8, 4) is 5.75 Å². The van der Waals surface area contributed by atoms with Gasteiger partial charge < -0.3 is 20.6 Å². The summed E-state index contributed by atoms with van der Waals surface area (Å²) in [4.78, 5) is 14.6. The van der Waals surface area contributed by atoms with E-state index >= 15 is 0 Å². The van der Waals surface area contributed by atoms with Crippen LogP contribution in [0.5, 0.6) is 5.75 Å². The number of likely N-dealkylation sites (tertiary alicyclic amines) is 1. The number of aromatic hydroxyl groups is 1. The second-order valence-corrected chi connectivity index (χ2v) is 7.40. The molecule has 0 unspecified atom stereocenters. The maximum absolute atomic E-state index is 12.5. The highest BCUT2D eigenvalue weighted by molar-refractivity contribution is 7.80. The van der Waals surface area contributed by atoms with Crippen LogP contribution in [0.1, 0.15) is 24.0 Å². The molecule has 3 N–H and O–H groups in total. The van der Waals surface area contributed by atoms with Crippen molar-refractivity contribution in [2.24, 2.45) is 5.92 Å². The summed E-state index contributed by atoms with van der Waals surface area (Å²) in [7, 11) is 0. The molecule has 6 heteroatoms. The number of amides is 1. The van der Waals surface area contributed by atoms with Crippen molar-refractivity contribution < 1.29 is 9.90 Å². The molecule has 0 atom stereocenters. The van der Waals surface area contributed by atoms with Gasteiger partial charge in [-0.3, -0.25) is 4.79 Å². The van der Waals surface area contributed by atoms with Gasteiger partial charge in [-0.2, -0.15) is 0 Å². The molecule has 0 aliphatic carbocycles. The van der Waals surface area contributed by atoms with E-state index in [9.17, 15) is 9.90 Å². The topological polar surface area (TPSA) is 64.6 Å². The van der Waals surface area contributed by atoms with Gasteiger partial charge in [-0.05, 0) is 68.2 Å². The number of hydrogen-bond donors (Lipinski definition) is 3. The number of benzene rings is 2. The maximum Gasteiger partial charge on any atom is 0.227 e. The quantitative estimate of drug-likeness (QED) is 0.551. The van der Waals surface area contributed by atoms with E-state index in [1.807, 2.05) is 0 Å². The van der Waals surface area contributed by atoms with Crippen LogP contribution in [0, 0.1) is 19.8 Å². The summed E-state index contributed by atoms with van der Waals surface area (Å²) in [6, 6.07) is 13.0. The Kier molecular flexibility index (Phi) is 5.96. The third-order valence-electron chi connectivity index (χ3n) is 4.95. The van der Waals surface area contributed by atoms with Crippen molar-refractivity contribution in [1.82, 2.24) is 4.90 Å². The molecule has 142 valence electrons. The molecule has 0 saturated carbocycles. The van der Waals surface area contributed by atoms with E-state index in [2.05, 4.69) is 47.6 Å². The number of thiocarbonyl (C=S) groups is 1. The average Bonchev–Trinajstić information content (AvgIpc) is 2.66. The van der Waals surface area contributed by atoms with Crippen LogP contribution in [-0.2, 0) is 4.79 Å². The average molecular weight is 384 g/mol. The second-order valence-electron chi connectivity index (χ2n) is 7.02. The van der Waals surface area contributed by atoms with Gasteiger partial charge in [0.15, 0.2) is 5.11 Å². The smallest absolute Gasteiger partial charge is 0.227 e. The summed E-state index contributed by atoms with van der Waals surface area (Å²) in [6.45, 7) is 5.58. The zero-order chi connectivity index (χ0) is 19.4. The molecule has 0 spiro atoms. The first-order valence-electron chi connectivity index (χ1n) is 9.16. The highest BCUT2D eigenvalue weighted by Crippen LogP contribution is 2.25. The van der Waals surface area contributed by atoms with Gasteiger partial charge in [0.2, 0.25) is 5.91 Å². The van der Waals surface area contributed by atoms with E-state index in [-0.39, 0.29) is 17.6 Å². The molecule has 1 aliphatic rings. The van der Waals surface area contributed by atoms with Crippen LogP contribution in [0.4, 0.5) is 11.4 Å². The first kappa shape index (κ1) is 19.2. The van der Waals surface area contributed by atoms with Gasteiger partial charge in [0.1, 0.15) is 5.75 Å². The molecular weight excluding hydrogens is 358 g/mol. The summed E-state index contributed by atoms with van der Waals surface area (Å²) < 4.78 is 0. The lowest BCUT2D eigenvalue weighted by Gasteiger charge is -2.33. The predicted molar refractivity (Wildman–Crippen MR) is 113 cm³/mol. The SMILES string of the molecule is Cc1ccc(C)c(NC(=S)N2CCC(C(=O)Nc3ccccc3O)CC2)c1. The molecule has 0 bridgehead atoms. The minimum atomic E-state index is -0.0793. The summed E-state index contributed by atoms with van der Waals surface area (Å²) in [6.07, 6.45) is 1.46. The zero-order valence-electron chi connectivity index (χ0n) is 15.7. The first-order chi connectivity index (χ1) is 12.9. The van der Waals surface area contributed by atoms with Gasteiger partial charge in [0.05, 0.1) is 5.69 Å². The number of nitrogens with zero attached hydrogens (tertiary/aromatic N) is 1. The molecule has 0 aromatic heterocycles. The van der Waals surface area contributed by atoms with Crippen LogP contribution >= 0.6 is 12.2 Å².